The van der Waals surface area contributed by atoms with Crippen molar-refractivity contribution in [2.24, 2.45) is 0 Å². The molecule has 2 aromatic carbocycles. The Kier molecular flexibility index (Phi) is 6.21. The lowest BCUT2D eigenvalue weighted by atomic mass is 10.0. The maximum Gasteiger partial charge on any atom is 0.269 e. The standard InChI is InChI=1S/C21H24N2O6S/c1-14-16-12-18(27-3)19(28-4)13-17(16)23(2)30(25,26)20(14)21(24)22-10-11-29-15-8-6-5-7-9-15/h5-9,12-13H,10-11H2,1-4H3,(H,22,24). The van der Waals surface area contributed by atoms with Crippen molar-refractivity contribution >= 4 is 27.2 Å². The second-order valence-electron chi connectivity index (χ2n) is 6.57. The number of amides is 1. The van der Waals surface area contributed by atoms with Gasteiger partial charge < -0.3 is 19.5 Å². The molecule has 2 aromatic rings. The van der Waals surface area contributed by atoms with Gasteiger partial charge in [-0.1, -0.05) is 18.2 Å². The van der Waals surface area contributed by atoms with E-state index in [2.05, 4.69) is 5.32 Å². The smallest absolute Gasteiger partial charge is 0.269 e. The Balaban J connectivity index is 1.86. The number of para-hydroxylation sites is 1. The van der Waals surface area contributed by atoms with Crippen LogP contribution in [0, 0.1) is 0 Å². The summed E-state index contributed by atoms with van der Waals surface area (Å²) in [5.74, 6) is 0.829. The molecule has 1 aliphatic heterocycles. The summed E-state index contributed by atoms with van der Waals surface area (Å²) in [6, 6.07) is 12.4. The van der Waals surface area contributed by atoms with Gasteiger partial charge in [-0.15, -0.1) is 0 Å². The molecule has 0 aromatic heterocycles. The number of carbonyl (C=O) groups excluding carboxylic acids is 1. The Morgan fingerprint density at radius 1 is 1.07 bits per heavy atom. The zero-order valence-corrected chi connectivity index (χ0v) is 18.1. The Morgan fingerprint density at radius 3 is 2.33 bits per heavy atom. The first-order valence-corrected chi connectivity index (χ1v) is 10.7. The van der Waals surface area contributed by atoms with Gasteiger partial charge in [0.15, 0.2) is 16.4 Å². The first kappa shape index (κ1) is 21.5. The highest BCUT2D eigenvalue weighted by Gasteiger charge is 2.38. The van der Waals surface area contributed by atoms with Crippen molar-refractivity contribution in [3.05, 3.63) is 52.9 Å². The summed E-state index contributed by atoms with van der Waals surface area (Å²) >= 11 is 0. The lowest BCUT2D eigenvalue weighted by Crippen LogP contribution is -2.40. The van der Waals surface area contributed by atoms with E-state index in [-0.39, 0.29) is 18.1 Å². The molecular weight excluding hydrogens is 408 g/mol. The van der Waals surface area contributed by atoms with Crippen LogP contribution in [0.3, 0.4) is 0 Å². The largest absolute Gasteiger partial charge is 0.493 e. The molecule has 0 saturated carbocycles. The fourth-order valence-electron chi connectivity index (χ4n) is 3.23. The summed E-state index contributed by atoms with van der Waals surface area (Å²) in [6.45, 7) is 1.97. The van der Waals surface area contributed by atoms with Gasteiger partial charge in [-0.25, -0.2) is 8.42 Å². The minimum absolute atomic E-state index is 0.155. The summed E-state index contributed by atoms with van der Waals surface area (Å²) < 4.78 is 43.3. The van der Waals surface area contributed by atoms with Crippen LogP contribution >= 0.6 is 0 Å². The summed E-state index contributed by atoms with van der Waals surface area (Å²) in [5, 5.41) is 2.63. The van der Waals surface area contributed by atoms with Crippen LogP contribution in [0.5, 0.6) is 17.2 Å². The SMILES string of the molecule is COc1cc2c(cc1OC)N(C)S(=O)(=O)C(C(=O)NCCOc1ccccc1)=C2C. The maximum absolute atomic E-state index is 13.0. The quantitative estimate of drug-likeness (QED) is 0.676. The third-order valence-corrected chi connectivity index (χ3v) is 6.74. The van der Waals surface area contributed by atoms with Crippen molar-refractivity contribution in [3.63, 3.8) is 0 Å². The lowest BCUT2D eigenvalue weighted by molar-refractivity contribution is -0.116. The Labute approximate surface area is 176 Å². The average Bonchev–Trinajstić information content (AvgIpc) is 2.75. The molecule has 0 saturated heterocycles. The molecule has 30 heavy (non-hydrogen) atoms. The van der Waals surface area contributed by atoms with Crippen LogP contribution < -0.4 is 23.8 Å². The molecule has 0 fully saturated rings. The number of nitrogens with zero attached hydrogens (tertiary/aromatic N) is 1. The van der Waals surface area contributed by atoms with Gasteiger partial charge in [-0.3, -0.25) is 9.10 Å². The van der Waals surface area contributed by atoms with Gasteiger partial charge in [-0.05, 0) is 30.7 Å². The first-order valence-electron chi connectivity index (χ1n) is 9.23. The van der Waals surface area contributed by atoms with Crippen LogP contribution in [0.25, 0.3) is 5.57 Å². The zero-order chi connectivity index (χ0) is 21.9. The molecule has 9 heteroatoms. The highest BCUT2D eigenvalue weighted by molar-refractivity contribution is 7.97. The minimum atomic E-state index is -4.03. The Bertz CT molecular complexity index is 1080. The molecular formula is C21H24N2O6S. The molecule has 1 heterocycles. The molecule has 0 spiro atoms. The van der Waals surface area contributed by atoms with E-state index in [1.165, 1.54) is 21.3 Å². The summed E-state index contributed by atoms with van der Waals surface area (Å²) in [6.07, 6.45) is 0. The first-order chi connectivity index (χ1) is 14.3. The van der Waals surface area contributed by atoms with Crippen LogP contribution in [0.2, 0.25) is 0 Å². The van der Waals surface area contributed by atoms with E-state index >= 15 is 0 Å². The lowest BCUT2D eigenvalue weighted by Gasteiger charge is -2.30. The summed E-state index contributed by atoms with van der Waals surface area (Å²) in [5.41, 5.74) is 1.33. The molecule has 0 radical (unpaired) electrons. The number of methoxy groups -OCH3 is 2. The van der Waals surface area contributed by atoms with Crippen molar-refractivity contribution in [1.82, 2.24) is 5.32 Å². The van der Waals surface area contributed by atoms with Crippen LogP contribution in [0.1, 0.15) is 12.5 Å². The van der Waals surface area contributed by atoms with E-state index in [1.807, 2.05) is 18.2 Å². The third-order valence-electron chi connectivity index (χ3n) is 4.81. The van der Waals surface area contributed by atoms with E-state index < -0.39 is 15.9 Å². The Morgan fingerprint density at radius 2 is 1.70 bits per heavy atom. The van der Waals surface area contributed by atoms with Crippen molar-refractivity contribution in [1.29, 1.82) is 0 Å². The van der Waals surface area contributed by atoms with Crippen molar-refractivity contribution in [3.8, 4) is 17.2 Å². The van der Waals surface area contributed by atoms with Crippen LogP contribution in [0.4, 0.5) is 5.69 Å². The van der Waals surface area contributed by atoms with Crippen LogP contribution in [-0.2, 0) is 14.8 Å². The van der Waals surface area contributed by atoms with Crippen molar-refractivity contribution in [2.75, 3.05) is 38.7 Å². The van der Waals surface area contributed by atoms with Gasteiger partial charge in [0.05, 0.1) is 26.5 Å². The van der Waals surface area contributed by atoms with E-state index in [0.717, 1.165) is 4.31 Å². The number of carbonyl (C=O) groups is 1. The number of fused-ring (bicyclic) bond motifs is 1. The molecule has 0 atom stereocenters. The molecule has 1 N–H and O–H groups in total. The van der Waals surface area contributed by atoms with Gasteiger partial charge in [0.25, 0.3) is 15.9 Å². The number of benzene rings is 2. The molecule has 1 amide bonds. The third kappa shape index (κ3) is 3.93. The van der Waals surface area contributed by atoms with Crippen molar-refractivity contribution < 1.29 is 27.4 Å². The predicted molar refractivity (Wildman–Crippen MR) is 114 cm³/mol. The van der Waals surface area contributed by atoms with Gasteiger partial charge >= 0.3 is 0 Å². The number of nitrogens with one attached hydrogen (secondary N) is 1. The predicted octanol–water partition coefficient (Wildman–Crippen LogP) is 2.41. The van der Waals surface area contributed by atoms with E-state index in [4.69, 9.17) is 14.2 Å². The number of anilines is 1. The van der Waals surface area contributed by atoms with Crippen molar-refractivity contribution in [2.45, 2.75) is 6.92 Å². The average molecular weight is 432 g/mol. The summed E-state index contributed by atoms with van der Waals surface area (Å²) in [4.78, 5) is 12.5. The second-order valence-corrected chi connectivity index (χ2v) is 8.47. The molecule has 0 aliphatic carbocycles. The molecule has 1 aliphatic rings. The molecule has 8 nitrogen and oxygen atoms in total. The minimum Gasteiger partial charge on any atom is -0.493 e. The van der Waals surface area contributed by atoms with Crippen LogP contribution in [0.15, 0.2) is 47.4 Å². The van der Waals surface area contributed by atoms with E-state index in [0.29, 0.717) is 34.1 Å². The molecule has 160 valence electrons. The topological polar surface area (TPSA) is 94.2 Å². The monoisotopic (exact) mass is 432 g/mol. The van der Waals surface area contributed by atoms with Gasteiger partial charge in [0.1, 0.15) is 12.4 Å². The fourth-order valence-corrected chi connectivity index (χ4v) is 4.72. The Hall–Kier alpha value is -3.20. The number of rotatable bonds is 7. The van der Waals surface area contributed by atoms with Gasteiger partial charge in [0.2, 0.25) is 0 Å². The van der Waals surface area contributed by atoms with Crippen LogP contribution in [-0.4, -0.2) is 48.7 Å². The normalized spacial score (nSPS) is 14.7. The number of ether oxygens (including phenoxy) is 3. The fraction of sp³-hybridized carbons (Fsp3) is 0.286. The molecule has 0 bridgehead atoms. The number of allylic oxidation sites excluding steroid dienone is 1. The van der Waals surface area contributed by atoms with E-state index in [9.17, 15) is 13.2 Å². The maximum atomic E-state index is 13.0. The number of sulfonamides is 1. The highest BCUT2D eigenvalue weighted by Crippen LogP contribution is 2.44. The number of hydrogen-bond donors (Lipinski definition) is 1. The van der Waals surface area contributed by atoms with Gasteiger partial charge in [-0.2, -0.15) is 0 Å². The van der Waals surface area contributed by atoms with Gasteiger partial charge in [0, 0.05) is 18.7 Å². The van der Waals surface area contributed by atoms with E-state index in [1.54, 1.807) is 31.2 Å². The molecule has 3 rings (SSSR count). The second kappa shape index (κ2) is 8.66. The molecule has 0 unspecified atom stereocenters. The zero-order valence-electron chi connectivity index (χ0n) is 17.3. The highest BCUT2D eigenvalue weighted by atomic mass is 32.2. The number of hydrogen-bond acceptors (Lipinski definition) is 6. The summed E-state index contributed by atoms with van der Waals surface area (Å²) in [7, 11) is 0.333.